The molecule has 1 N–H and O–H groups in total. The lowest BCUT2D eigenvalue weighted by Gasteiger charge is -1.92. The maximum absolute atomic E-state index is 11.5. The van der Waals surface area contributed by atoms with Crippen molar-refractivity contribution in [3.05, 3.63) is 38.6 Å². The molecule has 0 radical (unpaired) electrons. The van der Waals surface area contributed by atoms with Gasteiger partial charge in [-0.2, -0.15) is 5.10 Å². The number of aryl methyl sites for hydroxylation is 1. The van der Waals surface area contributed by atoms with Crippen LogP contribution in [0.4, 0.5) is 0 Å². The number of hydrogen-bond donors (Lipinski definition) is 1. The molecule has 0 aromatic carbocycles. The van der Waals surface area contributed by atoms with Gasteiger partial charge >= 0.3 is 0 Å². The Hall–Kier alpha value is -1.64. The molecule has 1 heterocycles. The first-order chi connectivity index (χ1) is 8.70. The van der Waals surface area contributed by atoms with Crippen molar-refractivity contribution in [2.75, 3.05) is 0 Å². The molecule has 1 aromatic heterocycles. The van der Waals surface area contributed by atoms with Crippen LogP contribution in [0.1, 0.15) is 47.2 Å². The fourth-order valence-electron chi connectivity index (χ4n) is 1.29. The van der Waals surface area contributed by atoms with Gasteiger partial charge in [0.1, 0.15) is 0 Å². The van der Waals surface area contributed by atoms with E-state index >= 15 is 0 Å². The summed E-state index contributed by atoms with van der Waals surface area (Å²) in [6.45, 7) is 13.7. The van der Waals surface area contributed by atoms with E-state index < -0.39 is 0 Å². The van der Waals surface area contributed by atoms with Crippen molar-refractivity contribution in [3.8, 4) is 0 Å². The fraction of sp³-hybridized carbons (Fsp3) is 0.467. The molecule has 102 valence electrons. The van der Waals surface area contributed by atoms with Crippen LogP contribution in [0, 0.1) is 6.92 Å². The normalized spacial score (nSPS) is 11.7. The third kappa shape index (κ3) is 5.62. The standard InChI is InChI=1S/C11H14N2O.2C2H6/c1-4-6-7-10-9(5-2)8(3)12-13-11(10)14;2*1-2/h4-7H,1-3H3,(H,13,14);2*1-2H3/b6-4-,9-5-,10-7+;;. The molecule has 1 rings (SSSR count). The van der Waals surface area contributed by atoms with E-state index in [0.29, 0.717) is 5.22 Å². The van der Waals surface area contributed by atoms with Crippen LogP contribution >= 0.6 is 0 Å². The Kier molecular flexibility index (Phi) is 12.3. The highest BCUT2D eigenvalue weighted by molar-refractivity contribution is 5.38. The number of aromatic amines is 1. The van der Waals surface area contributed by atoms with Gasteiger partial charge in [0.25, 0.3) is 5.56 Å². The van der Waals surface area contributed by atoms with Gasteiger partial charge in [-0.25, -0.2) is 5.10 Å². The number of nitrogens with one attached hydrogen (secondary N) is 1. The zero-order valence-electron chi connectivity index (χ0n) is 12.7. The lowest BCUT2D eigenvalue weighted by molar-refractivity contribution is 0.918. The predicted molar refractivity (Wildman–Crippen MR) is 81.0 cm³/mol. The van der Waals surface area contributed by atoms with Crippen LogP contribution in [-0.4, -0.2) is 10.2 Å². The first kappa shape index (κ1) is 18.7. The van der Waals surface area contributed by atoms with Gasteiger partial charge in [0.05, 0.1) is 5.69 Å². The molecule has 0 saturated heterocycles. The molecular formula is C15H26N2O. The quantitative estimate of drug-likeness (QED) is 0.831. The minimum atomic E-state index is -0.151. The molecule has 0 unspecified atom stereocenters. The molecule has 0 spiro atoms. The van der Waals surface area contributed by atoms with Gasteiger partial charge in [0, 0.05) is 10.4 Å². The van der Waals surface area contributed by atoms with E-state index in [9.17, 15) is 4.79 Å². The van der Waals surface area contributed by atoms with Crippen molar-refractivity contribution in [2.24, 2.45) is 0 Å². The minimum Gasteiger partial charge on any atom is -0.267 e. The third-order valence-electron chi connectivity index (χ3n) is 1.99. The highest BCUT2D eigenvalue weighted by Gasteiger charge is 1.94. The summed E-state index contributed by atoms with van der Waals surface area (Å²) in [7, 11) is 0. The molecule has 0 amide bonds. The van der Waals surface area contributed by atoms with Gasteiger partial charge in [0.15, 0.2) is 0 Å². The Morgan fingerprint density at radius 3 is 2.06 bits per heavy atom. The summed E-state index contributed by atoms with van der Waals surface area (Å²) >= 11 is 0. The van der Waals surface area contributed by atoms with E-state index in [1.165, 1.54) is 0 Å². The monoisotopic (exact) mass is 250 g/mol. The summed E-state index contributed by atoms with van der Waals surface area (Å²) in [4.78, 5) is 11.5. The zero-order chi connectivity index (χ0) is 14.6. The van der Waals surface area contributed by atoms with Crippen LogP contribution in [-0.2, 0) is 0 Å². The van der Waals surface area contributed by atoms with Crippen molar-refractivity contribution in [2.45, 2.75) is 48.5 Å². The Labute approximate surface area is 110 Å². The van der Waals surface area contributed by atoms with Crippen molar-refractivity contribution < 1.29 is 0 Å². The van der Waals surface area contributed by atoms with Crippen LogP contribution in [0.15, 0.2) is 16.9 Å². The SMILES string of the molecule is CC.CC.C\C=C/C=c1/c(=O)[nH]nc(C)/c1=C/C. The minimum absolute atomic E-state index is 0.151. The second kappa shape index (κ2) is 11.8. The molecule has 0 aliphatic carbocycles. The molecule has 0 fully saturated rings. The number of H-pyrrole nitrogens is 1. The van der Waals surface area contributed by atoms with Crippen molar-refractivity contribution >= 4 is 12.2 Å². The van der Waals surface area contributed by atoms with Crippen molar-refractivity contribution in [1.29, 1.82) is 0 Å². The van der Waals surface area contributed by atoms with E-state index in [4.69, 9.17) is 0 Å². The Morgan fingerprint density at radius 1 is 1.06 bits per heavy atom. The van der Waals surface area contributed by atoms with Gasteiger partial charge in [-0.1, -0.05) is 45.9 Å². The van der Waals surface area contributed by atoms with Gasteiger partial charge in [-0.15, -0.1) is 0 Å². The maximum Gasteiger partial charge on any atom is 0.272 e. The summed E-state index contributed by atoms with van der Waals surface area (Å²) in [5.41, 5.74) is 0.685. The van der Waals surface area contributed by atoms with Gasteiger partial charge in [0.2, 0.25) is 0 Å². The molecule has 0 aliphatic heterocycles. The van der Waals surface area contributed by atoms with Crippen molar-refractivity contribution in [1.82, 2.24) is 10.2 Å². The highest BCUT2D eigenvalue weighted by atomic mass is 16.1. The van der Waals surface area contributed by atoms with Crippen LogP contribution in [0.25, 0.3) is 12.2 Å². The second-order valence-electron chi connectivity index (χ2n) is 2.95. The number of rotatable bonds is 1. The molecule has 0 atom stereocenters. The fourth-order valence-corrected chi connectivity index (χ4v) is 1.29. The summed E-state index contributed by atoms with van der Waals surface area (Å²) in [6, 6.07) is 0. The number of allylic oxidation sites excluding steroid dienone is 2. The average Bonchev–Trinajstić information content (AvgIpc) is 2.44. The Balaban J connectivity index is 0. The molecule has 3 heteroatoms. The van der Waals surface area contributed by atoms with Crippen LogP contribution in [0.3, 0.4) is 0 Å². The smallest absolute Gasteiger partial charge is 0.267 e. The topological polar surface area (TPSA) is 45.8 Å². The van der Waals surface area contributed by atoms with Crippen LogP contribution < -0.4 is 16.0 Å². The summed E-state index contributed by atoms with van der Waals surface area (Å²) in [5.74, 6) is 0. The van der Waals surface area contributed by atoms with Gasteiger partial charge in [-0.05, 0) is 26.8 Å². The molecule has 3 nitrogen and oxygen atoms in total. The summed E-state index contributed by atoms with van der Waals surface area (Å²) in [6.07, 6.45) is 7.42. The molecule has 1 aromatic rings. The van der Waals surface area contributed by atoms with Crippen LogP contribution in [0.2, 0.25) is 0 Å². The largest absolute Gasteiger partial charge is 0.272 e. The number of hydrogen-bond acceptors (Lipinski definition) is 2. The third-order valence-corrected chi connectivity index (χ3v) is 1.99. The van der Waals surface area contributed by atoms with E-state index in [2.05, 4.69) is 10.2 Å². The molecule has 0 saturated carbocycles. The number of nitrogens with zero attached hydrogens (tertiary/aromatic N) is 1. The van der Waals surface area contributed by atoms with E-state index in [-0.39, 0.29) is 5.56 Å². The predicted octanol–water partition coefficient (Wildman–Crippen LogP) is 2.29. The van der Waals surface area contributed by atoms with Gasteiger partial charge in [-0.3, -0.25) is 4.79 Å². The first-order valence-corrected chi connectivity index (χ1v) is 6.55. The molecule has 18 heavy (non-hydrogen) atoms. The average molecular weight is 250 g/mol. The second-order valence-corrected chi connectivity index (χ2v) is 2.95. The maximum atomic E-state index is 11.5. The molecule has 0 aliphatic rings. The Morgan fingerprint density at radius 2 is 1.61 bits per heavy atom. The Bertz CT molecular complexity index is 510. The molecule has 0 bridgehead atoms. The molecular weight excluding hydrogens is 224 g/mol. The van der Waals surface area contributed by atoms with E-state index in [1.807, 2.05) is 66.7 Å². The van der Waals surface area contributed by atoms with E-state index in [0.717, 1.165) is 10.9 Å². The summed E-state index contributed by atoms with van der Waals surface area (Å²) < 4.78 is 0. The van der Waals surface area contributed by atoms with E-state index in [1.54, 1.807) is 6.08 Å². The zero-order valence-corrected chi connectivity index (χ0v) is 12.7. The van der Waals surface area contributed by atoms with Crippen molar-refractivity contribution in [3.63, 3.8) is 0 Å². The summed E-state index contributed by atoms with van der Waals surface area (Å²) in [5, 5.41) is 7.93. The lowest BCUT2D eigenvalue weighted by atomic mass is 10.2. The van der Waals surface area contributed by atoms with Crippen LogP contribution in [0.5, 0.6) is 0 Å². The lowest BCUT2D eigenvalue weighted by Crippen LogP contribution is -2.43. The first-order valence-electron chi connectivity index (χ1n) is 6.55. The van der Waals surface area contributed by atoms with Gasteiger partial charge < -0.3 is 0 Å². The number of aromatic nitrogens is 2. The highest BCUT2D eigenvalue weighted by Crippen LogP contribution is 1.73.